The Labute approximate surface area is 98.0 Å². The van der Waals surface area contributed by atoms with Gasteiger partial charge in [0.2, 0.25) is 0 Å². The highest BCUT2D eigenvalue weighted by atomic mass is 16.5. The van der Waals surface area contributed by atoms with Crippen LogP contribution in [0.3, 0.4) is 0 Å². The summed E-state index contributed by atoms with van der Waals surface area (Å²) in [5.41, 5.74) is 2.32. The van der Waals surface area contributed by atoms with E-state index in [0.29, 0.717) is 5.92 Å². The first-order chi connectivity index (χ1) is 7.75. The van der Waals surface area contributed by atoms with Gasteiger partial charge < -0.3 is 4.74 Å². The molecular weight excluding hydrogens is 198 g/mol. The molecule has 1 fully saturated rings. The summed E-state index contributed by atoms with van der Waals surface area (Å²) in [5, 5.41) is 0. The molecule has 0 saturated carbocycles. The van der Waals surface area contributed by atoms with E-state index in [1.54, 1.807) is 0 Å². The molecule has 2 rings (SSSR count). The Hall–Kier alpha value is -0.890. The summed E-state index contributed by atoms with van der Waals surface area (Å²) in [6.45, 7) is 5.34. The molecule has 0 N–H and O–H groups in total. The van der Waals surface area contributed by atoms with Crippen LogP contribution in [0.2, 0.25) is 0 Å². The quantitative estimate of drug-likeness (QED) is 0.776. The fraction of sp³-hybridized carbons (Fsp3) is 0.643. The van der Waals surface area contributed by atoms with Crippen LogP contribution in [0.1, 0.15) is 50.6 Å². The second-order valence-electron chi connectivity index (χ2n) is 5.01. The van der Waals surface area contributed by atoms with Gasteiger partial charge in [0.15, 0.2) is 0 Å². The zero-order valence-corrected chi connectivity index (χ0v) is 10.3. The lowest BCUT2D eigenvalue weighted by molar-refractivity contribution is 0.0122. The summed E-state index contributed by atoms with van der Waals surface area (Å²) in [7, 11) is 0. The maximum Gasteiger partial charge on any atom is 0.0994 e. The van der Waals surface area contributed by atoms with E-state index in [1.165, 1.54) is 18.5 Å². The summed E-state index contributed by atoms with van der Waals surface area (Å²) in [4.78, 5) is 4.71. The van der Waals surface area contributed by atoms with Gasteiger partial charge in [0.1, 0.15) is 0 Å². The van der Waals surface area contributed by atoms with E-state index in [9.17, 15) is 0 Å². The van der Waals surface area contributed by atoms with Crippen LogP contribution in [-0.2, 0) is 11.2 Å². The van der Waals surface area contributed by atoms with Gasteiger partial charge in [-0.25, -0.2) is 0 Å². The number of hydrogen-bond acceptors (Lipinski definition) is 2. The molecule has 1 aromatic heterocycles. The monoisotopic (exact) mass is 219 g/mol. The van der Waals surface area contributed by atoms with E-state index in [0.717, 1.165) is 25.1 Å². The van der Waals surface area contributed by atoms with E-state index in [-0.39, 0.29) is 6.10 Å². The summed E-state index contributed by atoms with van der Waals surface area (Å²) in [6, 6.07) is 6.32. The summed E-state index contributed by atoms with van der Waals surface area (Å²) >= 11 is 0. The van der Waals surface area contributed by atoms with E-state index in [1.807, 2.05) is 0 Å². The van der Waals surface area contributed by atoms with Gasteiger partial charge in [-0.15, -0.1) is 0 Å². The number of ether oxygens (including phenoxy) is 1. The molecule has 1 aliphatic rings. The number of rotatable bonds is 3. The van der Waals surface area contributed by atoms with Crippen molar-refractivity contribution in [2.45, 2.75) is 45.6 Å². The maximum absolute atomic E-state index is 5.76. The highest BCUT2D eigenvalue weighted by Crippen LogP contribution is 2.26. The Morgan fingerprint density at radius 2 is 2.25 bits per heavy atom. The SMILES string of the molecule is CC(C)Cc1cccc([C@H]2CCCCO2)n1. The van der Waals surface area contributed by atoms with Gasteiger partial charge in [0, 0.05) is 12.3 Å². The molecule has 0 radical (unpaired) electrons. The molecule has 0 bridgehead atoms. The van der Waals surface area contributed by atoms with Crippen molar-refractivity contribution in [1.82, 2.24) is 4.98 Å². The minimum atomic E-state index is 0.237. The van der Waals surface area contributed by atoms with Gasteiger partial charge >= 0.3 is 0 Å². The first kappa shape index (κ1) is 11.6. The summed E-state index contributed by atoms with van der Waals surface area (Å²) in [5.74, 6) is 0.662. The van der Waals surface area contributed by atoms with Crippen molar-refractivity contribution in [3.63, 3.8) is 0 Å². The fourth-order valence-corrected chi connectivity index (χ4v) is 2.18. The highest BCUT2D eigenvalue weighted by molar-refractivity contribution is 5.14. The van der Waals surface area contributed by atoms with Crippen molar-refractivity contribution in [2.75, 3.05) is 6.61 Å². The molecule has 1 saturated heterocycles. The van der Waals surface area contributed by atoms with Crippen LogP contribution in [-0.4, -0.2) is 11.6 Å². The topological polar surface area (TPSA) is 22.1 Å². The minimum absolute atomic E-state index is 0.237. The smallest absolute Gasteiger partial charge is 0.0994 e. The van der Waals surface area contributed by atoms with Crippen molar-refractivity contribution in [3.05, 3.63) is 29.6 Å². The predicted octanol–water partition coefficient (Wildman–Crippen LogP) is 3.52. The maximum atomic E-state index is 5.76. The molecule has 88 valence electrons. The molecule has 1 aliphatic heterocycles. The second kappa shape index (κ2) is 5.44. The molecule has 1 atom stereocenters. The Kier molecular flexibility index (Phi) is 3.94. The highest BCUT2D eigenvalue weighted by Gasteiger charge is 2.17. The van der Waals surface area contributed by atoms with E-state index < -0.39 is 0 Å². The van der Waals surface area contributed by atoms with E-state index >= 15 is 0 Å². The molecule has 2 heterocycles. The van der Waals surface area contributed by atoms with E-state index in [4.69, 9.17) is 9.72 Å². The standard InChI is InChI=1S/C14H21NO/c1-11(2)10-12-6-5-7-13(15-12)14-8-3-4-9-16-14/h5-7,11,14H,3-4,8-10H2,1-2H3/t14-/m1/s1. The summed E-state index contributed by atoms with van der Waals surface area (Å²) < 4.78 is 5.76. The van der Waals surface area contributed by atoms with Gasteiger partial charge in [-0.2, -0.15) is 0 Å². The normalized spacial score (nSPS) is 21.3. The number of hydrogen-bond donors (Lipinski definition) is 0. The van der Waals surface area contributed by atoms with Crippen molar-refractivity contribution < 1.29 is 4.74 Å². The van der Waals surface area contributed by atoms with E-state index in [2.05, 4.69) is 32.0 Å². The number of aromatic nitrogens is 1. The zero-order chi connectivity index (χ0) is 11.4. The third-order valence-corrected chi connectivity index (χ3v) is 2.96. The molecule has 16 heavy (non-hydrogen) atoms. The van der Waals surface area contributed by atoms with Gasteiger partial charge in [-0.05, 0) is 43.7 Å². The molecule has 2 nitrogen and oxygen atoms in total. The lowest BCUT2D eigenvalue weighted by atomic mass is 10.0. The van der Waals surface area contributed by atoms with Crippen LogP contribution in [0.25, 0.3) is 0 Å². The fourth-order valence-electron chi connectivity index (χ4n) is 2.18. The number of nitrogens with zero attached hydrogens (tertiary/aromatic N) is 1. The van der Waals surface area contributed by atoms with Crippen molar-refractivity contribution in [2.24, 2.45) is 5.92 Å². The van der Waals surface area contributed by atoms with Crippen LogP contribution < -0.4 is 0 Å². The third kappa shape index (κ3) is 3.05. The largest absolute Gasteiger partial charge is 0.372 e. The molecule has 0 spiro atoms. The van der Waals surface area contributed by atoms with Crippen molar-refractivity contribution >= 4 is 0 Å². The molecule has 0 unspecified atom stereocenters. The summed E-state index contributed by atoms with van der Waals surface area (Å²) in [6.07, 6.45) is 4.88. The van der Waals surface area contributed by atoms with Crippen LogP contribution >= 0.6 is 0 Å². The van der Waals surface area contributed by atoms with Crippen molar-refractivity contribution in [3.8, 4) is 0 Å². The first-order valence-corrected chi connectivity index (χ1v) is 6.33. The van der Waals surface area contributed by atoms with Crippen LogP contribution in [0.4, 0.5) is 0 Å². The second-order valence-corrected chi connectivity index (χ2v) is 5.01. The average molecular weight is 219 g/mol. The minimum Gasteiger partial charge on any atom is -0.372 e. The third-order valence-electron chi connectivity index (χ3n) is 2.96. The van der Waals surface area contributed by atoms with Crippen LogP contribution in [0, 0.1) is 5.92 Å². The Bertz CT molecular complexity index is 329. The Morgan fingerprint density at radius 3 is 2.94 bits per heavy atom. The van der Waals surface area contributed by atoms with Crippen molar-refractivity contribution in [1.29, 1.82) is 0 Å². The molecule has 0 aromatic carbocycles. The Balaban J connectivity index is 2.08. The van der Waals surface area contributed by atoms with Crippen LogP contribution in [0.5, 0.6) is 0 Å². The molecule has 2 heteroatoms. The molecular formula is C14H21NO. The number of pyridine rings is 1. The zero-order valence-electron chi connectivity index (χ0n) is 10.3. The van der Waals surface area contributed by atoms with Gasteiger partial charge in [-0.1, -0.05) is 19.9 Å². The average Bonchev–Trinajstić information content (AvgIpc) is 2.30. The first-order valence-electron chi connectivity index (χ1n) is 6.33. The van der Waals surface area contributed by atoms with Gasteiger partial charge in [0.05, 0.1) is 11.8 Å². The van der Waals surface area contributed by atoms with Gasteiger partial charge in [0.25, 0.3) is 0 Å². The van der Waals surface area contributed by atoms with Gasteiger partial charge in [-0.3, -0.25) is 4.98 Å². The molecule has 0 amide bonds. The molecule has 0 aliphatic carbocycles. The molecule has 1 aromatic rings. The lowest BCUT2D eigenvalue weighted by Crippen LogP contribution is -2.13. The van der Waals surface area contributed by atoms with Crippen LogP contribution in [0.15, 0.2) is 18.2 Å². The predicted molar refractivity (Wildman–Crippen MR) is 65.3 cm³/mol. The lowest BCUT2D eigenvalue weighted by Gasteiger charge is -2.22. The Morgan fingerprint density at radius 1 is 1.38 bits per heavy atom.